The van der Waals surface area contributed by atoms with E-state index in [9.17, 15) is 4.79 Å². The lowest BCUT2D eigenvalue weighted by atomic mass is 9.96. The number of rotatable bonds is 4. The normalized spacial score (nSPS) is 12.2. The van der Waals surface area contributed by atoms with Gasteiger partial charge in [-0.1, -0.05) is 55.8 Å². The van der Waals surface area contributed by atoms with Crippen molar-refractivity contribution < 1.29 is 4.79 Å². The molecule has 5 heteroatoms. The maximum absolute atomic E-state index is 12.2. The summed E-state index contributed by atoms with van der Waals surface area (Å²) in [7, 11) is 0. The Kier molecular flexibility index (Phi) is 4.69. The topological polar surface area (TPSA) is 54.9 Å². The minimum absolute atomic E-state index is 0.0684. The van der Waals surface area contributed by atoms with Crippen LogP contribution in [0.15, 0.2) is 42.7 Å². The van der Waals surface area contributed by atoms with E-state index in [0.717, 1.165) is 5.56 Å². The highest BCUT2D eigenvalue weighted by atomic mass is 35.5. The molecule has 4 nitrogen and oxygen atoms in total. The van der Waals surface area contributed by atoms with Crippen molar-refractivity contribution in [1.82, 2.24) is 15.3 Å². The lowest BCUT2D eigenvalue weighted by Gasteiger charge is -2.22. The van der Waals surface area contributed by atoms with Crippen LogP contribution in [0.4, 0.5) is 0 Å². The fraction of sp³-hybridized carbons (Fsp3) is 0.267. The summed E-state index contributed by atoms with van der Waals surface area (Å²) in [5, 5.41) is 3.25. The van der Waals surface area contributed by atoms with Crippen molar-refractivity contribution in [3.8, 4) is 0 Å². The quantitative estimate of drug-likeness (QED) is 0.940. The average Bonchev–Trinajstić information content (AvgIpc) is 2.46. The van der Waals surface area contributed by atoms with Gasteiger partial charge in [0.25, 0.3) is 5.91 Å². The Bertz CT molecular complexity index is 569. The Morgan fingerprint density at radius 1 is 1.15 bits per heavy atom. The molecule has 1 heterocycles. The van der Waals surface area contributed by atoms with E-state index in [1.165, 1.54) is 12.4 Å². The molecule has 1 aromatic carbocycles. The standard InChI is InChI=1S/C15H16ClN3O/c1-10(2)14(11-6-4-3-5-7-11)19-15(20)12-8-18-13(16)9-17-12/h3-10,14H,1-2H3,(H,19,20). The largest absolute Gasteiger partial charge is 0.344 e. The Balaban J connectivity index is 2.17. The molecule has 1 N–H and O–H groups in total. The van der Waals surface area contributed by atoms with Crippen molar-refractivity contribution in [3.05, 3.63) is 59.1 Å². The molecule has 1 unspecified atom stereocenters. The Morgan fingerprint density at radius 2 is 1.85 bits per heavy atom. The second-order valence-corrected chi connectivity index (χ2v) is 5.22. The number of hydrogen-bond acceptors (Lipinski definition) is 3. The molecule has 20 heavy (non-hydrogen) atoms. The van der Waals surface area contributed by atoms with Crippen molar-refractivity contribution in [2.45, 2.75) is 19.9 Å². The van der Waals surface area contributed by atoms with Gasteiger partial charge in [0.15, 0.2) is 0 Å². The van der Waals surface area contributed by atoms with E-state index in [-0.39, 0.29) is 28.7 Å². The number of aromatic nitrogens is 2. The van der Waals surface area contributed by atoms with Gasteiger partial charge in [-0.15, -0.1) is 0 Å². The molecule has 0 saturated heterocycles. The lowest BCUT2D eigenvalue weighted by Crippen LogP contribution is -2.32. The maximum atomic E-state index is 12.2. The third-order valence-electron chi connectivity index (χ3n) is 2.96. The smallest absolute Gasteiger partial charge is 0.271 e. The molecule has 1 amide bonds. The SMILES string of the molecule is CC(C)C(NC(=O)c1cnc(Cl)cn1)c1ccccc1. The van der Waals surface area contributed by atoms with Gasteiger partial charge in [-0.25, -0.2) is 9.97 Å². The third-order valence-corrected chi connectivity index (χ3v) is 3.16. The molecule has 0 aliphatic carbocycles. The molecule has 0 bridgehead atoms. The van der Waals surface area contributed by atoms with Crippen molar-refractivity contribution in [2.24, 2.45) is 5.92 Å². The number of amides is 1. The first-order valence-corrected chi connectivity index (χ1v) is 6.79. The summed E-state index contributed by atoms with van der Waals surface area (Å²) in [6.07, 6.45) is 2.74. The second kappa shape index (κ2) is 6.48. The van der Waals surface area contributed by atoms with Crippen LogP contribution in [0.3, 0.4) is 0 Å². The van der Waals surface area contributed by atoms with Crippen LogP contribution in [0.25, 0.3) is 0 Å². The van der Waals surface area contributed by atoms with E-state index >= 15 is 0 Å². The first-order valence-electron chi connectivity index (χ1n) is 6.41. The first-order chi connectivity index (χ1) is 9.58. The molecule has 1 atom stereocenters. The molecule has 104 valence electrons. The number of nitrogens with zero attached hydrogens (tertiary/aromatic N) is 2. The zero-order chi connectivity index (χ0) is 14.5. The van der Waals surface area contributed by atoms with Crippen LogP contribution in [-0.4, -0.2) is 15.9 Å². The van der Waals surface area contributed by atoms with Gasteiger partial charge < -0.3 is 5.32 Å². The van der Waals surface area contributed by atoms with Gasteiger partial charge in [-0.3, -0.25) is 4.79 Å². The summed E-state index contributed by atoms with van der Waals surface area (Å²) < 4.78 is 0. The van der Waals surface area contributed by atoms with E-state index in [1.807, 2.05) is 30.3 Å². The van der Waals surface area contributed by atoms with Crippen LogP contribution in [0, 0.1) is 5.92 Å². The second-order valence-electron chi connectivity index (χ2n) is 4.83. The van der Waals surface area contributed by atoms with Crippen molar-refractivity contribution in [3.63, 3.8) is 0 Å². The molecular weight excluding hydrogens is 274 g/mol. The molecule has 0 aliphatic rings. The van der Waals surface area contributed by atoms with Crippen molar-refractivity contribution in [1.29, 1.82) is 0 Å². The summed E-state index contributed by atoms with van der Waals surface area (Å²) in [5.41, 5.74) is 1.33. The highest BCUT2D eigenvalue weighted by Crippen LogP contribution is 2.21. The van der Waals surface area contributed by atoms with Crippen molar-refractivity contribution in [2.75, 3.05) is 0 Å². The highest BCUT2D eigenvalue weighted by Gasteiger charge is 2.19. The molecule has 0 aliphatic heterocycles. The van der Waals surface area contributed by atoms with Crippen LogP contribution in [0.5, 0.6) is 0 Å². The zero-order valence-electron chi connectivity index (χ0n) is 11.4. The maximum Gasteiger partial charge on any atom is 0.271 e. The van der Waals surface area contributed by atoms with E-state index in [2.05, 4.69) is 29.1 Å². The minimum atomic E-state index is -0.253. The number of carbonyl (C=O) groups excluding carboxylic acids is 1. The Labute approximate surface area is 123 Å². The predicted molar refractivity (Wildman–Crippen MR) is 78.5 cm³/mol. The fourth-order valence-electron chi connectivity index (χ4n) is 1.94. The molecule has 0 saturated carbocycles. The van der Waals surface area contributed by atoms with Crippen LogP contribution in [0.2, 0.25) is 5.15 Å². The molecule has 0 fully saturated rings. The summed E-state index contributed by atoms with van der Waals surface area (Å²) >= 11 is 5.66. The fourth-order valence-corrected chi connectivity index (χ4v) is 2.04. The average molecular weight is 290 g/mol. The van der Waals surface area contributed by atoms with Crippen LogP contribution in [0.1, 0.15) is 35.9 Å². The summed E-state index contributed by atoms with van der Waals surface area (Å²) in [5.74, 6) is 0.0123. The Morgan fingerprint density at radius 3 is 2.40 bits per heavy atom. The summed E-state index contributed by atoms with van der Waals surface area (Å²) in [6.45, 7) is 4.12. The van der Waals surface area contributed by atoms with E-state index in [1.54, 1.807) is 0 Å². The van der Waals surface area contributed by atoms with Crippen LogP contribution in [-0.2, 0) is 0 Å². The minimum Gasteiger partial charge on any atom is -0.344 e. The van der Waals surface area contributed by atoms with Gasteiger partial charge in [-0.05, 0) is 11.5 Å². The molecule has 2 aromatic rings. The van der Waals surface area contributed by atoms with Gasteiger partial charge in [0.05, 0.1) is 18.4 Å². The summed E-state index contributed by atoms with van der Waals surface area (Å²) in [6, 6.07) is 9.80. The van der Waals surface area contributed by atoms with Gasteiger partial charge in [0.1, 0.15) is 10.8 Å². The van der Waals surface area contributed by atoms with Crippen molar-refractivity contribution >= 4 is 17.5 Å². The van der Waals surface area contributed by atoms with Gasteiger partial charge in [0, 0.05) is 0 Å². The van der Waals surface area contributed by atoms with Gasteiger partial charge in [-0.2, -0.15) is 0 Å². The monoisotopic (exact) mass is 289 g/mol. The van der Waals surface area contributed by atoms with Crippen LogP contribution >= 0.6 is 11.6 Å². The molecule has 0 spiro atoms. The number of carbonyl (C=O) groups is 1. The summed E-state index contributed by atoms with van der Waals surface area (Å²) in [4.78, 5) is 20.0. The molecular formula is C15H16ClN3O. The lowest BCUT2D eigenvalue weighted by molar-refractivity contribution is 0.0920. The zero-order valence-corrected chi connectivity index (χ0v) is 12.1. The number of benzene rings is 1. The molecule has 1 aromatic heterocycles. The Hall–Kier alpha value is -1.94. The number of halogens is 1. The van der Waals surface area contributed by atoms with E-state index in [4.69, 9.17) is 11.6 Å². The number of nitrogens with one attached hydrogen (secondary N) is 1. The molecule has 2 rings (SSSR count). The van der Waals surface area contributed by atoms with Gasteiger partial charge in [0.2, 0.25) is 0 Å². The van der Waals surface area contributed by atoms with Gasteiger partial charge >= 0.3 is 0 Å². The first kappa shape index (κ1) is 14.5. The predicted octanol–water partition coefficient (Wildman–Crippen LogP) is 3.26. The van der Waals surface area contributed by atoms with E-state index in [0.29, 0.717) is 0 Å². The number of hydrogen-bond donors (Lipinski definition) is 1. The third kappa shape index (κ3) is 3.54. The molecule has 0 radical (unpaired) electrons. The van der Waals surface area contributed by atoms with Crippen LogP contribution < -0.4 is 5.32 Å². The van der Waals surface area contributed by atoms with E-state index < -0.39 is 0 Å². The highest BCUT2D eigenvalue weighted by molar-refractivity contribution is 6.29.